The van der Waals surface area contributed by atoms with Crippen LogP contribution in [-0.4, -0.2) is 52.0 Å². The maximum atomic E-state index is 12.5. The topological polar surface area (TPSA) is 124 Å². The number of carbonyl (C=O) groups excluding carboxylic acids is 1. The number of hydrogen-bond donors (Lipinski definition) is 2. The Morgan fingerprint density at radius 1 is 1.25 bits per heavy atom. The average Bonchev–Trinajstić information content (AvgIpc) is 3.33. The molecular weight excluding hydrogens is 360 g/mol. The van der Waals surface area contributed by atoms with Crippen molar-refractivity contribution >= 4 is 5.91 Å². The Morgan fingerprint density at radius 2 is 2.04 bits per heavy atom. The smallest absolute Gasteiger partial charge is 0.251 e. The highest BCUT2D eigenvalue weighted by Gasteiger charge is 2.35. The molecule has 1 amide bonds. The Morgan fingerprint density at radius 3 is 2.68 bits per heavy atom. The van der Waals surface area contributed by atoms with Gasteiger partial charge in [-0.25, -0.2) is 4.68 Å². The summed E-state index contributed by atoms with van der Waals surface area (Å²) in [6.07, 6.45) is 3.20. The Labute approximate surface area is 161 Å². The van der Waals surface area contributed by atoms with Crippen molar-refractivity contribution in [3.8, 4) is 0 Å². The first kappa shape index (κ1) is 18.2. The molecule has 2 aromatic heterocycles. The molecule has 1 fully saturated rings. The molecule has 1 aliphatic carbocycles. The fraction of sp³-hybridized carbons (Fsp3) is 0.444. The van der Waals surface area contributed by atoms with Gasteiger partial charge in [0.1, 0.15) is 18.8 Å². The van der Waals surface area contributed by atoms with Crippen molar-refractivity contribution in [2.75, 3.05) is 0 Å². The van der Waals surface area contributed by atoms with Crippen LogP contribution < -0.4 is 5.32 Å². The summed E-state index contributed by atoms with van der Waals surface area (Å²) in [5.74, 6) is 1.66. The van der Waals surface area contributed by atoms with Crippen LogP contribution in [-0.2, 0) is 19.7 Å². The summed E-state index contributed by atoms with van der Waals surface area (Å²) in [6, 6.07) is 7.55. The third kappa shape index (κ3) is 3.63. The Balaban J connectivity index is 1.31. The van der Waals surface area contributed by atoms with Crippen molar-refractivity contribution in [3.63, 3.8) is 0 Å². The normalized spacial score (nSPS) is 18.6. The van der Waals surface area contributed by atoms with Crippen LogP contribution in [0.4, 0.5) is 0 Å². The molecule has 4 rings (SSSR count). The number of rotatable bonds is 7. The van der Waals surface area contributed by atoms with Crippen LogP contribution in [0.25, 0.3) is 0 Å². The largest absolute Gasteiger partial charge is 0.388 e. The van der Waals surface area contributed by atoms with Gasteiger partial charge in [0.2, 0.25) is 0 Å². The minimum atomic E-state index is -0.114. The van der Waals surface area contributed by atoms with Crippen molar-refractivity contribution in [2.24, 2.45) is 0 Å². The maximum Gasteiger partial charge on any atom is 0.251 e. The molecular formula is C18H22N8O2. The van der Waals surface area contributed by atoms with Crippen LogP contribution in [0, 0.1) is 0 Å². The number of aliphatic hydroxyl groups excluding tert-OH is 1. The second-order valence-electron chi connectivity index (χ2n) is 6.92. The molecule has 10 nitrogen and oxygen atoms in total. The van der Waals surface area contributed by atoms with E-state index in [0.717, 1.165) is 30.8 Å². The number of nitrogens with zero attached hydrogens (tertiary/aromatic N) is 7. The van der Waals surface area contributed by atoms with Gasteiger partial charge in [0.15, 0.2) is 5.82 Å². The van der Waals surface area contributed by atoms with E-state index in [9.17, 15) is 9.90 Å². The number of carbonyl (C=O) groups is 1. The lowest BCUT2D eigenvalue weighted by Gasteiger charge is -2.35. The number of aliphatic hydroxyl groups is 1. The highest BCUT2D eigenvalue weighted by molar-refractivity contribution is 5.94. The van der Waals surface area contributed by atoms with Crippen molar-refractivity contribution in [2.45, 2.75) is 51.4 Å². The quantitative estimate of drug-likeness (QED) is 0.610. The number of amides is 1. The average molecular weight is 382 g/mol. The molecule has 146 valence electrons. The van der Waals surface area contributed by atoms with Gasteiger partial charge in [-0.15, -0.1) is 15.3 Å². The molecule has 28 heavy (non-hydrogen) atoms. The molecule has 2 heterocycles. The lowest BCUT2D eigenvalue weighted by atomic mass is 9.79. The number of nitrogens with one attached hydrogen (secondary N) is 1. The molecule has 0 bridgehead atoms. The molecule has 0 spiro atoms. The summed E-state index contributed by atoms with van der Waals surface area (Å²) < 4.78 is 3.58. The summed E-state index contributed by atoms with van der Waals surface area (Å²) in [6.45, 7) is 3.18. The summed E-state index contributed by atoms with van der Waals surface area (Å²) in [7, 11) is 0. The molecule has 1 aromatic carbocycles. The van der Waals surface area contributed by atoms with Gasteiger partial charge in [-0.3, -0.25) is 4.79 Å². The van der Waals surface area contributed by atoms with Gasteiger partial charge < -0.3 is 15.0 Å². The van der Waals surface area contributed by atoms with Gasteiger partial charge >= 0.3 is 0 Å². The molecule has 1 aliphatic rings. The molecule has 0 atom stereocenters. The van der Waals surface area contributed by atoms with Crippen LogP contribution in [0.3, 0.4) is 0 Å². The summed E-state index contributed by atoms with van der Waals surface area (Å²) in [5.41, 5.74) is 1.65. The molecule has 10 heteroatoms. The molecule has 0 unspecified atom stereocenters. The van der Waals surface area contributed by atoms with Gasteiger partial charge in [-0.05, 0) is 47.9 Å². The van der Waals surface area contributed by atoms with Crippen molar-refractivity contribution in [1.82, 2.24) is 40.3 Å². The second-order valence-corrected chi connectivity index (χ2v) is 6.92. The number of aromatic nitrogens is 7. The molecule has 2 N–H and O–H groups in total. The van der Waals surface area contributed by atoms with Crippen molar-refractivity contribution in [3.05, 3.63) is 53.4 Å². The van der Waals surface area contributed by atoms with Crippen molar-refractivity contribution < 1.29 is 9.90 Å². The first-order valence-electron chi connectivity index (χ1n) is 9.31. The zero-order chi connectivity index (χ0) is 19.5. The highest BCUT2D eigenvalue weighted by atomic mass is 16.3. The molecule has 0 saturated heterocycles. The van der Waals surface area contributed by atoms with E-state index in [4.69, 9.17) is 0 Å². The number of benzene rings is 1. The molecule has 0 aliphatic heterocycles. The van der Waals surface area contributed by atoms with E-state index in [1.54, 1.807) is 11.0 Å². The summed E-state index contributed by atoms with van der Waals surface area (Å²) >= 11 is 0. The van der Waals surface area contributed by atoms with Gasteiger partial charge in [-0.1, -0.05) is 12.1 Å². The molecule has 1 saturated carbocycles. The SMILES string of the molecule is CCn1c(CO)nnc1C1CC(NC(=O)c2ccc(Cn3cnnn3)cc2)C1. The third-order valence-electron chi connectivity index (χ3n) is 5.10. The lowest BCUT2D eigenvalue weighted by Crippen LogP contribution is -2.44. The van der Waals surface area contributed by atoms with E-state index >= 15 is 0 Å². The van der Waals surface area contributed by atoms with Gasteiger partial charge in [0.05, 0.1) is 6.54 Å². The zero-order valence-electron chi connectivity index (χ0n) is 15.6. The number of hydrogen-bond acceptors (Lipinski definition) is 7. The first-order valence-corrected chi connectivity index (χ1v) is 9.31. The standard InChI is InChI=1S/C18H22N8O2/c1-2-26-16(10-27)21-22-17(26)14-7-15(8-14)20-18(28)13-5-3-12(4-6-13)9-25-11-19-23-24-25/h3-6,11,14-15,27H,2,7-10H2,1H3,(H,20,28). The maximum absolute atomic E-state index is 12.5. The Kier molecular flexibility index (Phi) is 5.11. The predicted molar refractivity (Wildman–Crippen MR) is 98.2 cm³/mol. The highest BCUT2D eigenvalue weighted by Crippen LogP contribution is 2.36. The minimum Gasteiger partial charge on any atom is -0.388 e. The van der Waals surface area contributed by atoms with Gasteiger partial charge in [0, 0.05) is 24.1 Å². The van der Waals surface area contributed by atoms with Crippen LogP contribution in [0.5, 0.6) is 0 Å². The van der Waals surface area contributed by atoms with Crippen LogP contribution in [0.2, 0.25) is 0 Å². The minimum absolute atomic E-state index is 0.0783. The Bertz CT molecular complexity index is 929. The van der Waals surface area contributed by atoms with Gasteiger partial charge in [-0.2, -0.15) is 0 Å². The van der Waals surface area contributed by atoms with Gasteiger partial charge in [0.25, 0.3) is 5.91 Å². The fourth-order valence-electron chi connectivity index (χ4n) is 3.53. The van der Waals surface area contributed by atoms with E-state index in [-0.39, 0.29) is 24.5 Å². The predicted octanol–water partition coefficient (Wildman–Crippen LogP) is 0.501. The fourth-order valence-corrected chi connectivity index (χ4v) is 3.53. The third-order valence-corrected chi connectivity index (χ3v) is 5.10. The summed E-state index contributed by atoms with van der Waals surface area (Å²) in [5, 5.41) is 31.7. The number of tetrazole rings is 1. The monoisotopic (exact) mass is 382 g/mol. The lowest BCUT2D eigenvalue weighted by molar-refractivity contribution is 0.0906. The zero-order valence-corrected chi connectivity index (χ0v) is 15.6. The Hall–Kier alpha value is -3.14. The van der Waals surface area contributed by atoms with Crippen LogP contribution >= 0.6 is 0 Å². The second kappa shape index (κ2) is 7.85. The molecule has 0 radical (unpaired) electrons. The summed E-state index contributed by atoms with van der Waals surface area (Å²) in [4.78, 5) is 12.5. The van der Waals surface area contributed by atoms with E-state index in [0.29, 0.717) is 17.9 Å². The molecule has 3 aromatic rings. The van der Waals surface area contributed by atoms with E-state index < -0.39 is 0 Å². The van der Waals surface area contributed by atoms with Crippen molar-refractivity contribution in [1.29, 1.82) is 0 Å². The van der Waals surface area contributed by atoms with Crippen LogP contribution in [0.15, 0.2) is 30.6 Å². The van der Waals surface area contributed by atoms with E-state index in [1.807, 2.05) is 35.8 Å². The first-order chi connectivity index (χ1) is 13.7. The van der Waals surface area contributed by atoms with E-state index in [1.165, 1.54) is 0 Å². The van der Waals surface area contributed by atoms with Crippen LogP contribution in [0.1, 0.15) is 53.3 Å². The van der Waals surface area contributed by atoms with E-state index in [2.05, 4.69) is 31.0 Å².